The summed E-state index contributed by atoms with van der Waals surface area (Å²) in [4.78, 5) is 39.6. The molecule has 10 heteroatoms. The molecule has 5 rings (SSSR count). The predicted molar refractivity (Wildman–Crippen MR) is 131 cm³/mol. The van der Waals surface area contributed by atoms with E-state index in [1.807, 2.05) is 49.3 Å². The number of anilines is 1. The molecule has 0 saturated carbocycles. The van der Waals surface area contributed by atoms with Gasteiger partial charge in [-0.3, -0.25) is 9.59 Å². The zero-order valence-electron chi connectivity index (χ0n) is 19.4. The van der Waals surface area contributed by atoms with Gasteiger partial charge in [0.1, 0.15) is 10.6 Å². The van der Waals surface area contributed by atoms with E-state index in [0.717, 1.165) is 39.1 Å². The summed E-state index contributed by atoms with van der Waals surface area (Å²) in [5, 5.41) is 3.72. The van der Waals surface area contributed by atoms with Gasteiger partial charge in [-0.2, -0.15) is 0 Å². The van der Waals surface area contributed by atoms with E-state index in [0.29, 0.717) is 36.8 Å². The van der Waals surface area contributed by atoms with Crippen molar-refractivity contribution < 1.29 is 19.1 Å². The van der Waals surface area contributed by atoms with Gasteiger partial charge in [0, 0.05) is 42.7 Å². The Bertz CT molecular complexity index is 1230. The molecule has 0 unspecified atom stereocenters. The van der Waals surface area contributed by atoms with Crippen LogP contribution in [0.25, 0.3) is 0 Å². The molecule has 1 fully saturated rings. The highest BCUT2D eigenvalue weighted by Crippen LogP contribution is 2.36. The maximum Gasteiger partial charge on any atom is 0.277 e. The molecule has 0 atom stereocenters. The number of fused-ring (bicyclic) bond motifs is 1. The summed E-state index contributed by atoms with van der Waals surface area (Å²) in [5.74, 6) is 1.52. The lowest BCUT2D eigenvalue weighted by molar-refractivity contribution is 0.0717. The van der Waals surface area contributed by atoms with Crippen LogP contribution in [0.4, 0.5) is 5.69 Å². The van der Waals surface area contributed by atoms with Crippen LogP contribution >= 0.6 is 22.7 Å². The van der Waals surface area contributed by atoms with Crippen molar-refractivity contribution in [1.82, 2.24) is 14.9 Å². The molecule has 4 heterocycles. The van der Waals surface area contributed by atoms with Crippen molar-refractivity contribution in [3.05, 3.63) is 49.9 Å². The van der Waals surface area contributed by atoms with Crippen molar-refractivity contribution in [2.24, 2.45) is 0 Å². The van der Waals surface area contributed by atoms with E-state index < -0.39 is 0 Å². The SMILES string of the molecule is CCN(C(=O)c1csc(C2CCN(C(=O)c3sc(C)nc3C)CC2)n1)c1ccc2c(c1)OCO2. The quantitative estimate of drug-likeness (QED) is 0.510. The number of hydrogen-bond acceptors (Lipinski definition) is 8. The summed E-state index contributed by atoms with van der Waals surface area (Å²) < 4.78 is 10.8. The standard InChI is InChI=1S/C24H26N4O4S2/c1-4-28(17-5-6-19-20(11-17)32-13-31-19)23(29)18-12-33-22(26-18)16-7-9-27(10-8-16)24(30)21-14(2)25-15(3)34-21/h5-6,11-12,16H,4,7-10,13H2,1-3H3. The molecule has 0 aliphatic carbocycles. The Morgan fingerprint density at radius 1 is 1.15 bits per heavy atom. The fraction of sp³-hybridized carbons (Fsp3) is 0.417. The maximum atomic E-state index is 13.2. The second kappa shape index (κ2) is 9.34. The van der Waals surface area contributed by atoms with Crippen molar-refractivity contribution in [2.45, 2.75) is 39.5 Å². The summed E-state index contributed by atoms with van der Waals surface area (Å²) in [6.45, 7) is 7.83. The summed E-state index contributed by atoms with van der Waals surface area (Å²) in [7, 11) is 0. The van der Waals surface area contributed by atoms with Crippen molar-refractivity contribution in [1.29, 1.82) is 0 Å². The number of ether oxygens (including phenoxy) is 2. The fourth-order valence-electron chi connectivity index (χ4n) is 4.41. The second-order valence-corrected chi connectivity index (χ2v) is 10.5. The molecule has 3 aromatic rings. The van der Waals surface area contributed by atoms with Crippen molar-refractivity contribution in [2.75, 3.05) is 31.3 Å². The van der Waals surface area contributed by atoms with Gasteiger partial charge in [0.2, 0.25) is 6.79 Å². The lowest BCUT2D eigenvalue weighted by Crippen LogP contribution is -2.37. The highest BCUT2D eigenvalue weighted by Gasteiger charge is 2.29. The minimum Gasteiger partial charge on any atom is -0.454 e. The van der Waals surface area contributed by atoms with Gasteiger partial charge in [0.25, 0.3) is 11.8 Å². The summed E-state index contributed by atoms with van der Waals surface area (Å²) in [5.41, 5.74) is 2.01. The number of carbonyl (C=O) groups is 2. The lowest BCUT2D eigenvalue weighted by Gasteiger charge is -2.31. The monoisotopic (exact) mass is 498 g/mol. The Kier molecular flexibility index (Phi) is 6.26. The number of likely N-dealkylation sites (tertiary alicyclic amines) is 1. The van der Waals surface area contributed by atoms with Crippen LogP contribution in [0.15, 0.2) is 23.6 Å². The van der Waals surface area contributed by atoms with Crippen molar-refractivity contribution in [3.63, 3.8) is 0 Å². The van der Waals surface area contributed by atoms with Crippen LogP contribution in [-0.2, 0) is 0 Å². The molecule has 0 bridgehead atoms. The first-order valence-electron chi connectivity index (χ1n) is 11.3. The van der Waals surface area contributed by atoms with Crippen LogP contribution in [0.1, 0.15) is 61.6 Å². The minimum absolute atomic E-state index is 0.0684. The zero-order valence-corrected chi connectivity index (χ0v) is 21.0. The average Bonchev–Trinajstić information content (AvgIpc) is 3.58. The molecule has 2 aliphatic heterocycles. The number of benzene rings is 1. The van der Waals surface area contributed by atoms with Gasteiger partial charge in [-0.05, 0) is 45.7 Å². The van der Waals surface area contributed by atoms with Crippen LogP contribution in [0.2, 0.25) is 0 Å². The largest absolute Gasteiger partial charge is 0.454 e. The minimum atomic E-state index is -0.132. The Balaban J connectivity index is 1.24. The number of hydrogen-bond donors (Lipinski definition) is 0. The van der Waals surface area contributed by atoms with E-state index in [-0.39, 0.29) is 24.5 Å². The van der Waals surface area contributed by atoms with E-state index >= 15 is 0 Å². The topological polar surface area (TPSA) is 84.9 Å². The van der Waals surface area contributed by atoms with Gasteiger partial charge in [-0.1, -0.05) is 0 Å². The van der Waals surface area contributed by atoms with Crippen LogP contribution < -0.4 is 14.4 Å². The van der Waals surface area contributed by atoms with E-state index in [1.54, 1.807) is 4.90 Å². The molecule has 1 saturated heterocycles. The summed E-state index contributed by atoms with van der Waals surface area (Å²) >= 11 is 2.98. The Morgan fingerprint density at radius 2 is 1.91 bits per heavy atom. The normalized spacial score (nSPS) is 15.6. The molecular formula is C24H26N4O4S2. The van der Waals surface area contributed by atoms with Gasteiger partial charge in [0.05, 0.1) is 15.7 Å². The molecule has 34 heavy (non-hydrogen) atoms. The van der Waals surface area contributed by atoms with Crippen LogP contribution in [0, 0.1) is 13.8 Å². The zero-order chi connectivity index (χ0) is 23.8. The molecule has 2 amide bonds. The first kappa shape index (κ1) is 22.8. The number of amides is 2. The number of thiazole rings is 2. The number of rotatable bonds is 5. The number of nitrogens with zero attached hydrogens (tertiary/aromatic N) is 4. The lowest BCUT2D eigenvalue weighted by atomic mass is 9.97. The van der Waals surface area contributed by atoms with Crippen molar-refractivity contribution in [3.8, 4) is 11.5 Å². The van der Waals surface area contributed by atoms with E-state index in [2.05, 4.69) is 4.98 Å². The van der Waals surface area contributed by atoms with Crippen molar-refractivity contribution >= 4 is 40.2 Å². The third-order valence-electron chi connectivity index (χ3n) is 6.20. The summed E-state index contributed by atoms with van der Waals surface area (Å²) in [6.07, 6.45) is 1.67. The molecule has 2 aromatic heterocycles. The average molecular weight is 499 g/mol. The first-order chi connectivity index (χ1) is 16.4. The highest BCUT2D eigenvalue weighted by molar-refractivity contribution is 7.13. The Morgan fingerprint density at radius 3 is 2.62 bits per heavy atom. The number of aromatic nitrogens is 2. The van der Waals surface area contributed by atoms with E-state index in [9.17, 15) is 9.59 Å². The first-order valence-corrected chi connectivity index (χ1v) is 13.0. The van der Waals surface area contributed by atoms with Crippen LogP contribution in [0.5, 0.6) is 11.5 Å². The molecule has 178 valence electrons. The van der Waals surface area contributed by atoms with E-state index in [4.69, 9.17) is 14.5 Å². The molecule has 1 aromatic carbocycles. The molecule has 8 nitrogen and oxygen atoms in total. The molecule has 0 spiro atoms. The third-order valence-corrected chi connectivity index (χ3v) is 8.27. The Hall–Kier alpha value is -2.98. The number of piperidine rings is 1. The molecule has 0 radical (unpaired) electrons. The molecule has 2 aliphatic rings. The van der Waals surface area contributed by atoms with Gasteiger partial charge < -0.3 is 19.3 Å². The van der Waals surface area contributed by atoms with Crippen LogP contribution in [0.3, 0.4) is 0 Å². The molecular weight excluding hydrogens is 472 g/mol. The fourth-order valence-corrected chi connectivity index (χ4v) is 6.26. The predicted octanol–water partition coefficient (Wildman–Crippen LogP) is 4.63. The van der Waals surface area contributed by atoms with Gasteiger partial charge >= 0.3 is 0 Å². The van der Waals surface area contributed by atoms with Gasteiger partial charge in [-0.15, -0.1) is 22.7 Å². The van der Waals surface area contributed by atoms with Gasteiger partial charge in [0.15, 0.2) is 11.5 Å². The third kappa shape index (κ3) is 4.27. The smallest absolute Gasteiger partial charge is 0.277 e. The number of aryl methyl sites for hydroxylation is 2. The van der Waals surface area contributed by atoms with Gasteiger partial charge in [-0.25, -0.2) is 9.97 Å². The number of carbonyl (C=O) groups excluding carboxylic acids is 2. The Labute approximate surface area is 206 Å². The second-order valence-electron chi connectivity index (χ2n) is 8.37. The molecule has 0 N–H and O–H groups in total. The maximum absolute atomic E-state index is 13.2. The highest BCUT2D eigenvalue weighted by atomic mass is 32.1. The van der Waals surface area contributed by atoms with Crippen LogP contribution in [-0.4, -0.2) is 53.1 Å². The van der Waals surface area contributed by atoms with E-state index in [1.165, 1.54) is 22.7 Å². The summed E-state index contributed by atoms with van der Waals surface area (Å²) in [6, 6.07) is 5.52.